The second-order valence-electron chi connectivity index (χ2n) is 8.47. The predicted molar refractivity (Wildman–Crippen MR) is 112 cm³/mol. The second kappa shape index (κ2) is 8.22. The fourth-order valence-electron chi connectivity index (χ4n) is 3.54. The number of hydrogen-bond donors (Lipinski definition) is 2. The Kier molecular flexibility index (Phi) is 6.08. The zero-order valence-corrected chi connectivity index (χ0v) is 17.4. The molecule has 2 aromatic rings. The number of aliphatic imine (C=N–C) groups is 1. The molecule has 1 aliphatic heterocycles. The molecule has 5 nitrogen and oxygen atoms in total. The maximum absolute atomic E-state index is 13.5. The zero-order valence-electron chi connectivity index (χ0n) is 17.4. The standard InChI is InChI=1S/C23H29FN2O3/c1-22(2)15-29-21(25-22)16-5-10-20(17(13-16)14-27)23(28,11-12-26(3)4)18-6-8-19(24)9-7-18/h5-10,13,27-28H,11-12,14-15H2,1-4H3. The third-order valence-corrected chi connectivity index (χ3v) is 5.18. The number of aliphatic hydroxyl groups excluding tert-OH is 1. The van der Waals surface area contributed by atoms with Crippen molar-refractivity contribution in [2.45, 2.75) is 38.0 Å². The number of aliphatic hydroxyl groups is 2. The molecule has 29 heavy (non-hydrogen) atoms. The third kappa shape index (κ3) is 4.66. The van der Waals surface area contributed by atoms with Gasteiger partial charge in [-0.1, -0.05) is 18.2 Å². The van der Waals surface area contributed by atoms with E-state index in [4.69, 9.17) is 4.74 Å². The van der Waals surface area contributed by atoms with Crippen molar-refractivity contribution in [3.63, 3.8) is 0 Å². The van der Waals surface area contributed by atoms with Crippen molar-refractivity contribution >= 4 is 5.90 Å². The normalized spacial score (nSPS) is 17.7. The third-order valence-electron chi connectivity index (χ3n) is 5.18. The summed E-state index contributed by atoms with van der Waals surface area (Å²) in [5.74, 6) is 0.176. The minimum atomic E-state index is -1.37. The van der Waals surface area contributed by atoms with Crippen LogP contribution in [0.2, 0.25) is 0 Å². The van der Waals surface area contributed by atoms with E-state index in [1.165, 1.54) is 12.1 Å². The van der Waals surface area contributed by atoms with Gasteiger partial charge in [-0.05, 0) is 75.3 Å². The Balaban J connectivity index is 2.06. The molecular formula is C23H29FN2O3. The number of rotatable bonds is 7. The molecule has 2 N–H and O–H groups in total. The van der Waals surface area contributed by atoms with Crippen molar-refractivity contribution in [3.8, 4) is 0 Å². The van der Waals surface area contributed by atoms with Crippen molar-refractivity contribution in [2.24, 2.45) is 4.99 Å². The quantitative estimate of drug-likeness (QED) is 0.750. The first-order valence-electron chi connectivity index (χ1n) is 9.75. The Labute approximate surface area is 171 Å². The van der Waals surface area contributed by atoms with Gasteiger partial charge in [0.1, 0.15) is 18.0 Å². The fraction of sp³-hybridized carbons (Fsp3) is 0.435. The molecule has 0 bridgehead atoms. The minimum absolute atomic E-state index is 0.245. The molecule has 0 spiro atoms. The first-order chi connectivity index (χ1) is 13.6. The van der Waals surface area contributed by atoms with Crippen LogP contribution in [0.4, 0.5) is 4.39 Å². The summed E-state index contributed by atoms with van der Waals surface area (Å²) in [5.41, 5.74) is 0.871. The van der Waals surface area contributed by atoms with Gasteiger partial charge >= 0.3 is 0 Å². The van der Waals surface area contributed by atoms with E-state index >= 15 is 0 Å². The molecule has 1 atom stereocenters. The van der Waals surface area contributed by atoms with Crippen LogP contribution in [-0.2, 0) is 16.9 Å². The van der Waals surface area contributed by atoms with Crippen molar-refractivity contribution in [1.82, 2.24) is 4.90 Å². The molecule has 1 unspecified atom stereocenters. The maximum Gasteiger partial charge on any atom is 0.216 e. The summed E-state index contributed by atoms with van der Waals surface area (Å²) in [6, 6.07) is 11.3. The number of halogens is 1. The predicted octanol–water partition coefficient (Wildman–Crippen LogP) is 3.06. The minimum Gasteiger partial charge on any atom is -0.475 e. The van der Waals surface area contributed by atoms with Crippen LogP contribution in [0.25, 0.3) is 0 Å². The summed E-state index contributed by atoms with van der Waals surface area (Å²) in [4.78, 5) is 6.56. The van der Waals surface area contributed by atoms with Crippen LogP contribution in [0.15, 0.2) is 47.5 Å². The van der Waals surface area contributed by atoms with E-state index in [0.29, 0.717) is 42.2 Å². The summed E-state index contributed by atoms with van der Waals surface area (Å²) in [7, 11) is 3.86. The van der Waals surface area contributed by atoms with Gasteiger partial charge in [-0.2, -0.15) is 0 Å². The Morgan fingerprint density at radius 1 is 1.17 bits per heavy atom. The first kappa shape index (κ1) is 21.4. The number of hydrogen-bond acceptors (Lipinski definition) is 5. The molecule has 156 valence electrons. The molecule has 0 fully saturated rings. The van der Waals surface area contributed by atoms with E-state index in [0.717, 1.165) is 5.56 Å². The van der Waals surface area contributed by atoms with Gasteiger partial charge in [0.05, 0.1) is 12.1 Å². The molecule has 1 aliphatic rings. The van der Waals surface area contributed by atoms with E-state index in [9.17, 15) is 14.6 Å². The van der Waals surface area contributed by atoms with Crippen molar-refractivity contribution < 1.29 is 19.3 Å². The van der Waals surface area contributed by atoms with E-state index in [1.54, 1.807) is 24.3 Å². The smallest absolute Gasteiger partial charge is 0.216 e. The van der Waals surface area contributed by atoms with Gasteiger partial charge in [0.25, 0.3) is 0 Å². The highest BCUT2D eigenvalue weighted by Gasteiger charge is 2.34. The Morgan fingerprint density at radius 2 is 1.86 bits per heavy atom. The molecule has 2 aromatic carbocycles. The largest absolute Gasteiger partial charge is 0.475 e. The van der Waals surface area contributed by atoms with Crippen LogP contribution < -0.4 is 0 Å². The van der Waals surface area contributed by atoms with E-state index < -0.39 is 5.60 Å². The molecule has 0 saturated heterocycles. The van der Waals surface area contributed by atoms with Gasteiger partial charge in [-0.3, -0.25) is 0 Å². The first-order valence-corrected chi connectivity index (χ1v) is 9.75. The molecular weight excluding hydrogens is 371 g/mol. The van der Waals surface area contributed by atoms with E-state index in [2.05, 4.69) is 4.99 Å². The lowest BCUT2D eigenvalue weighted by atomic mass is 9.80. The Hall–Kier alpha value is -2.28. The molecule has 3 rings (SSSR count). The van der Waals surface area contributed by atoms with E-state index in [-0.39, 0.29) is 18.0 Å². The molecule has 0 amide bonds. The highest BCUT2D eigenvalue weighted by molar-refractivity contribution is 5.95. The maximum atomic E-state index is 13.5. The van der Waals surface area contributed by atoms with Gasteiger partial charge in [0.2, 0.25) is 5.90 Å². The summed E-state index contributed by atoms with van der Waals surface area (Å²) < 4.78 is 19.2. The highest BCUT2D eigenvalue weighted by atomic mass is 19.1. The van der Waals surface area contributed by atoms with Gasteiger partial charge in [-0.15, -0.1) is 0 Å². The summed E-state index contributed by atoms with van der Waals surface area (Å²) in [5, 5.41) is 21.8. The van der Waals surface area contributed by atoms with Crippen molar-refractivity contribution in [3.05, 3.63) is 70.5 Å². The molecule has 0 aliphatic carbocycles. The van der Waals surface area contributed by atoms with Gasteiger partial charge in [-0.25, -0.2) is 9.38 Å². The van der Waals surface area contributed by atoms with Crippen LogP contribution in [0.5, 0.6) is 0 Å². The van der Waals surface area contributed by atoms with Crippen LogP contribution >= 0.6 is 0 Å². The SMILES string of the molecule is CN(C)CCC(O)(c1ccc(F)cc1)c1ccc(C2=NC(C)(C)CO2)cc1CO. The lowest BCUT2D eigenvalue weighted by Crippen LogP contribution is -2.33. The molecule has 1 heterocycles. The topological polar surface area (TPSA) is 65.3 Å². The summed E-state index contributed by atoms with van der Waals surface area (Å²) in [6.45, 7) is 4.86. The molecule has 0 aromatic heterocycles. The summed E-state index contributed by atoms with van der Waals surface area (Å²) in [6.07, 6.45) is 0.391. The van der Waals surface area contributed by atoms with Crippen LogP contribution in [0.3, 0.4) is 0 Å². The van der Waals surface area contributed by atoms with Crippen LogP contribution in [-0.4, -0.2) is 53.8 Å². The van der Waals surface area contributed by atoms with Gasteiger partial charge in [0.15, 0.2) is 0 Å². The lowest BCUT2D eigenvalue weighted by Gasteiger charge is -2.32. The van der Waals surface area contributed by atoms with Gasteiger partial charge in [0, 0.05) is 12.1 Å². The van der Waals surface area contributed by atoms with E-state index in [1.807, 2.05) is 38.9 Å². The number of benzene rings is 2. The van der Waals surface area contributed by atoms with Gasteiger partial charge < -0.3 is 19.8 Å². The van der Waals surface area contributed by atoms with Crippen LogP contribution in [0, 0.1) is 5.82 Å². The number of nitrogens with zero attached hydrogens (tertiary/aromatic N) is 2. The molecule has 0 saturated carbocycles. The Bertz CT molecular complexity index is 893. The average molecular weight is 400 g/mol. The monoisotopic (exact) mass is 400 g/mol. The highest BCUT2D eigenvalue weighted by Crippen LogP contribution is 2.36. The lowest BCUT2D eigenvalue weighted by molar-refractivity contribution is 0.0606. The average Bonchev–Trinajstić information content (AvgIpc) is 3.06. The van der Waals surface area contributed by atoms with Crippen LogP contribution in [0.1, 0.15) is 42.5 Å². The second-order valence-corrected chi connectivity index (χ2v) is 8.47. The Morgan fingerprint density at radius 3 is 2.41 bits per heavy atom. The van der Waals surface area contributed by atoms with Crippen molar-refractivity contribution in [2.75, 3.05) is 27.2 Å². The zero-order chi connectivity index (χ0) is 21.2. The van der Waals surface area contributed by atoms with Crippen molar-refractivity contribution in [1.29, 1.82) is 0 Å². The summed E-state index contributed by atoms with van der Waals surface area (Å²) >= 11 is 0. The fourth-order valence-corrected chi connectivity index (χ4v) is 3.54. The number of ether oxygens (including phenoxy) is 1. The molecule has 0 radical (unpaired) electrons. The molecule has 6 heteroatoms.